The van der Waals surface area contributed by atoms with Crippen molar-refractivity contribution < 1.29 is 9.21 Å². The summed E-state index contributed by atoms with van der Waals surface area (Å²) in [5, 5.41) is 3.80. The van der Waals surface area contributed by atoms with E-state index in [2.05, 4.69) is 10.3 Å². The first-order valence-corrected chi connectivity index (χ1v) is 8.89. The summed E-state index contributed by atoms with van der Waals surface area (Å²) in [6, 6.07) is 13.5. The Balaban J connectivity index is 1.50. The number of hydrogen-bond donors (Lipinski definition) is 1. The number of amides is 1. The van der Waals surface area contributed by atoms with E-state index in [-0.39, 0.29) is 17.9 Å². The molecule has 0 saturated heterocycles. The summed E-state index contributed by atoms with van der Waals surface area (Å²) in [5.74, 6) is 0.266. The molecule has 0 spiro atoms. The first kappa shape index (κ1) is 16.6. The lowest BCUT2D eigenvalue weighted by atomic mass is 10.3. The van der Waals surface area contributed by atoms with Crippen LogP contribution in [0.15, 0.2) is 63.9 Å². The average Bonchev–Trinajstić information content (AvgIpc) is 3.23. The van der Waals surface area contributed by atoms with Gasteiger partial charge < -0.3 is 8.98 Å². The van der Waals surface area contributed by atoms with Crippen molar-refractivity contribution in [1.29, 1.82) is 0 Å². The fourth-order valence-corrected chi connectivity index (χ4v) is 3.59. The first-order valence-electron chi connectivity index (χ1n) is 7.70. The molecule has 0 bridgehead atoms. The Kier molecular flexibility index (Phi) is 4.32. The summed E-state index contributed by atoms with van der Waals surface area (Å²) >= 11 is 7.29. The number of carbonyl (C=O) groups is 1. The normalized spacial score (nSPS) is 11.0. The van der Waals surface area contributed by atoms with E-state index in [0.717, 1.165) is 10.2 Å². The van der Waals surface area contributed by atoms with Crippen molar-refractivity contribution >= 4 is 44.2 Å². The molecule has 4 rings (SSSR count). The first-order chi connectivity index (χ1) is 12.6. The molecule has 0 aliphatic carbocycles. The van der Waals surface area contributed by atoms with Crippen LogP contribution in [0.25, 0.3) is 10.2 Å². The van der Waals surface area contributed by atoms with Crippen LogP contribution in [-0.4, -0.2) is 15.5 Å². The van der Waals surface area contributed by atoms with Crippen LogP contribution in [0.2, 0.25) is 5.02 Å². The maximum Gasteiger partial charge on any atom is 0.293 e. The summed E-state index contributed by atoms with van der Waals surface area (Å²) in [6.45, 7) is 0.257. The highest BCUT2D eigenvalue weighted by Gasteiger charge is 2.14. The van der Waals surface area contributed by atoms with Gasteiger partial charge in [-0.2, -0.15) is 0 Å². The molecule has 0 radical (unpaired) electrons. The molecule has 0 aliphatic rings. The quantitative estimate of drug-likeness (QED) is 0.576. The topological polar surface area (TPSA) is 77.1 Å². The Morgan fingerprint density at radius 1 is 1.23 bits per heavy atom. The number of furan rings is 1. The Bertz CT molecular complexity index is 1160. The maximum atomic E-state index is 12.4. The molecule has 3 heterocycles. The van der Waals surface area contributed by atoms with Crippen molar-refractivity contribution in [3.63, 3.8) is 0 Å². The number of fused-ring (bicyclic) bond motifs is 1. The average molecular weight is 386 g/mol. The minimum absolute atomic E-state index is 0.136. The number of rotatable bonds is 4. The second-order valence-corrected chi connectivity index (χ2v) is 6.99. The standard InChI is InChI=1S/C18H12ClN3O3S/c19-11-4-6-13-15(9-11)26-18(20-13)21-17(24)14-7-5-12(25-14)10-22-8-2-1-3-16(22)23/h1-9H,10H2,(H,20,21,24). The van der Waals surface area contributed by atoms with E-state index >= 15 is 0 Å². The molecule has 26 heavy (non-hydrogen) atoms. The minimum Gasteiger partial charge on any atom is -0.454 e. The van der Waals surface area contributed by atoms with Gasteiger partial charge in [0.25, 0.3) is 11.5 Å². The van der Waals surface area contributed by atoms with Crippen LogP contribution in [-0.2, 0) is 6.54 Å². The molecule has 0 aliphatic heterocycles. The number of anilines is 1. The second kappa shape index (κ2) is 6.78. The zero-order chi connectivity index (χ0) is 18.1. The predicted octanol–water partition coefficient (Wildman–Crippen LogP) is 4.01. The van der Waals surface area contributed by atoms with Crippen LogP contribution in [0.1, 0.15) is 16.3 Å². The van der Waals surface area contributed by atoms with E-state index in [9.17, 15) is 9.59 Å². The van der Waals surface area contributed by atoms with Gasteiger partial charge in [-0.05, 0) is 36.4 Å². The van der Waals surface area contributed by atoms with Gasteiger partial charge in [0.15, 0.2) is 10.9 Å². The summed E-state index contributed by atoms with van der Waals surface area (Å²) in [6.07, 6.45) is 1.66. The minimum atomic E-state index is -0.401. The molecule has 0 saturated carbocycles. The molecule has 1 amide bonds. The van der Waals surface area contributed by atoms with Gasteiger partial charge in [-0.15, -0.1) is 0 Å². The van der Waals surface area contributed by atoms with Crippen molar-refractivity contribution in [3.8, 4) is 0 Å². The SMILES string of the molecule is O=C(Nc1nc2ccc(Cl)cc2s1)c1ccc(Cn2ccccc2=O)o1. The smallest absolute Gasteiger partial charge is 0.293 e. The molecule has 1 N–H and O–H groups in total. The van der Waals surface area contributed by atoms with Crippen molar-refractivity contribution in [2.45, 2.75) is 6.54 Å². The van der Waals surface area contributed by atoms with Crippen LogP contribution in [0.5, 0.6) is 0 Å². The third-order valence-electron chi connectivity index (χ3n) is 3.68. The Morgan fingerprint density at radius 2 is 2.12 bits per heavy atom. The molecular weight excluding hydrogens is 374 g/mol. The lowest BCUT2D eigenvalue weighted by Crippen LogP contribution is -2.18. The van der Waals surface area contributed by atoms with Gasteiger partial charge in [0.1, 0.15) is 5.76 Å². The van der Waals surface area contributed by atoms with E-state index in [1.807, 2.05) is 0 Å². The van der Waals surface area contributed by atoms with E-state index < -0.39 is 5.91 Å². The van der Waals surface area contributed by atoms with Gasteiger partial charge in [-0.1, -0.05) is 29.0 Å². The van der Waals surface area contributed by atoms with Crippen molar-refractivity contribution in [2.75, 3.05) is 5.32 Å². The molecule has 3 aromatic heterocycles. The highest BCUT2D eigenvalue weighted by molar-refractivity contribution is 7.22. The highest BCUT2D eigenvalue weighted by Crippen LogP contribution is 2.28. The van der Waals surface area contributed by atoms with Crippen LogP contribution in [0.3, 0.4) is 0 Å². The molecule has 0 unspecified atom stereocenters. The third kappa shape index (κ3) is 3.40. The van der Waals surface area contributed by atoms with Gasteiger partial charge in [0.05, 0.1) is 16.8 Å². The molecule has 1 aromatic carbocycles. The van der Waals surface area contributed by atoms with Crippen molar-refractivity contribution in [3.05, 3.63) is 81.6 Å². The molecule has 0 atom stereocenters. The Labute approximate surface area is 156 Å². The molecule has 4 aromatic rings. The number of thiazole rings is 1. The van der Waals surface area contributed by atoms with Gasteiger partial charge in [-0.25, -0.2) is 4.98 Å². The van der Waals surface area contributed by atoms with Gasteiger partial charge in [-0.3, -0.25) is 14.9 Å². The summed E-state index contributed by atoms with van der Waals surface area (Å²) in [5.41, 5.74) is 0.626. The zero-order valence-electron chi connectivity index (χ0n) is 13.3. The van der Waals surface area contributed by atoms with E-state index in [1.54, 1.807) is 48.7 Å². The lowest BCUT2D eigenvalue weighted by Gasteiger charge is -2.02. The Hall–Kier alpha value is -2.90. The van der Waals surface area contributed by atoms with Crippen LogP contribution < -0.4 is 10.9 Å². The number of nitrogens with zero attached hydrogens (tertiary/aromatic N) is 2. The molecule has 6 nitrogen and oxygen atoms in total. The van der Waals surface area contributed by atoms with Crippen LogP contribution in [0, 0.1) is 0 Å². The summed E-state index contributed by atoms with van der Waals surface area (Å²) < 4.78 is 7.94. The number of aromatic nitrogens is 2. The predicted molar refractivity (Wildman–Crippen MR) is 101 cm³/mol. The van der Waals surface area contributed by atoms with Crippen LogP contribution in [0.4, 0.5) is 5.13 Å². The third-order valence-corrected chi connectivity index (χ3v) is 4.85. The lowest BCUT2D eigenvalue weighted by molar-refractivity contribution is 0.0995. The molecule has 0 fully saturated rings. The van der Waals surface area contributed by atoms with Gasteiger partial charge >= 0.3 is 0 Å². The monoisotopic (exact) mass is 385 g/mol. The number of carbonyl (C=O) groups excluding carboxylic acids is 1. The number of hydrogen-bond acceptors (Lipinski definition) is 5. The highest BCUT2D eigenvalue weighted by atomic mass is 35.5. The Morgan fingerprint density at radius 3 is 2.96 bits per heavy atom. The fraction of sp³-hybridized carbons (Fsp3) is 0.0556. The molecular formula is C18H12ClN3O3S. The van der Waals surface area contributed by atoms with E-state index in [1.165, 1.54) is 22.0 Å². The summed E-state index contributed by atoms with van der Waals surface area (Å²) in [7, 11) is 0. The number of nitrogens with one attached hydrogen (secondary N) is 1. The number of pyridine rings is 1. The number of benzene rings is 1. The van der Waals surface area contributed by atoms with Crippen molar-refractivity contribution in [2.24, 2.45) is 0 Å². The van der Waals surface area contributed by atoms with Gasteiger partial charge in [0, 0.05) is 17.3 Å². The van der Waals surface area contributed by atoms with Gasteiger partial charge in [0.2, 0.25) is 0 Å². The second-order valence-electron chi connectivity index (χ2n) is 5.52. The number of halogens is 1. The molecule has 130 valence electrons. The van der Waals surface area contributed by atoms with E-state index in [4.69, 9.17) is 16.0 Å². The fourth-order valence-electron chi connectivity index (χ4n) is 2.45. The van der Waals surface area contributed by atoms with E-state index in [0.29, 0.717) is 15.9 Å². The largest absolute Gasteiger partial charge is 0.454 e. The maximum absolute atomic E-state index is 12.4. The van der Waals surface area contributed by atoms with Crippen molar-refractivity contribution in [1.82, 2.24) is 9.55 Å². The summed E-state index contributed by atoms with van der Waals surface area (Å²) in [4.78, 5) is 28.4. The zero-order valence-corrected chi connectivity index (χ0v) is 14.9. The van der Waals surface area contributed by atoms with Crippen LogP contribution >= 0.6 is 22.9 Å². The molecule has 8 heteroatoms.